The van der Waals surface area contributed by atoms with Crippen LogP contribution >= 0.6 is 15.9 Å². The molecule has 130 valence electrons. The van der Waals surface area contributed by atoms with E-state index in [4.69, 9.17) is 0 Å². The number of rotatable bonds is 4. The van der Waals surface area contributed by atoms with Crippen molar-refractivity contribution in [1.29, 1.82) is 0 Å². The Balaban J connectivity index is 1.56. The lowest BCUT2D eigenvalue weighted by Gasteiger charge is -2.17. The van der Waals surface area contributed by atoms with Crippen LogP contribution in [0.3, 0.4) is 0 Å². The standard InChI is InChI=1S/C16H19BrN2O4S/c17-13-2-1-3-14(7-13)19-9-12(6-15(19)20)16(21)18-8-11-4-5-24(22,23)10-11/h1-3,7,11-12H,4-6,8-10H2,(H,18,21). The highest BCUT2D eigenvalue weighted by Crippen LogP contribution is 2.27. The van der Waals surface area contributed by atoms with Gasteiger partial charge < -0.3 is 10.2 Å². The monoisotopic (exact) mass is 414 g/mol. The maximum atomic E-state index is 12.3. The molecule has 0 radical (unpaired) electrons. The number of amides is 2. The van der Waals surface area contributed by atoms with Crippen molar-refractivity contribution in [2.75, 3.05) is 29.5 Å². The molecule has 6 nitrogen and oxygen atoms in total. The first-order chi connectivity index (χ1) is 11.3. The number of nitrogens with one attached hydrogen (secondary N) is 1. The number of sulfone groups is 1. The van der Waals surface area contributed by atoms with Gasteiger partial charge in [0.25, 0.3) is 0 Å². The van der Waals surface area contributed by atoms with Gasteiger partial charge >= 0.3 is 0 Å². The van der Waals surface area contributed by atoms with Crippen LogP contribution in [0, 0.1) is 11.8 Å². The van der Waals surface area contributed by atoms with Gasteiger partial charge in [0.15, 0.2) is 9.84 Å². The Morgan fingerprint density at radius 3 is 2.83 bits per heavy atom. The molecule has 2 fully saturated rings. The van der Waals surface area contributed by atoms with E-state index in [1.54, 1.807) is 4.90 Å². The zero-order valence-corrected chi connectivity index (χ0v) is 15.5. The molecule has 1 aromatic carbocycles. The molecule has 2 aliphatic rings. The summed E-state index contributed by atoms with van der Waals surface area (Å²) < 4.78 is 23.8. The molecule has 0 aromatic heterocycles. The minimum Gasteiger partial charge on any atom is -0.355 e. The third kappa shape index (κ3) is 3.97. The predicted octanol–water partition coefficient (Wildman–Crippen LogP) is 1.35. The van der Waals surface area contributed by atoms with Gasteiger partial charge in [0.05, 0.1) is 17.4 Å². The van der Waals surface area contributed by atoms with Crippen LogP contribution in [0.4, 0.5) is 5.69 Å². The topological polar surface area (TPSA) is 83.5 Å². The Hall–Kier alpha value is -1.41. The number of hydrogen-bond acceptors (Lipinski definition) is 4. The van der Waals surface area contributed by atoms with Crippen LogP contribution < -0.4 is 10.2 Å². The molecule has 3 rings (SSSR count). The molecular weight excluding hydrogens is 396 g/mol. The van der Waals surface area contributed by atoms with Gasteiger partial charge in [-0.05, 0) is 30.5 Å². The minimum absolute atomic E-state index is 0.0164. The SMILES string of the molecule is O=C(NCC1CCS(=O)(=O)C1)C1CC(=O)N(c2cccc(Br)c2)C1. The van der Waals surface area contributed by atoms with E-state index in [1.165, 1.54) is 0 Å². The molecule has 2 atom stereocenters. The van der Waals surface area contributed by atoms with E-state index in [2.05, 4.69) is 21.2 Å². The summed E-state index contributed by atoms with van der Waals surface area (Å²) in [6, 6.07) is 7.42. The van der Waals surface area contributed by atoms with Gasteiger partial charge in [0, 0.05) is 29.7 Å². The van der Waals surface area contributed by atoms with E-state index in [0.29, 0.717) is 19.5 Å². The van der Waals surface area contributed by atoms with Crippen molar-refractivity contribution in [3.8, 4) is 0 Å². The molecule has 2 amide bonds. The van der Waals surface area contributed by atoms with Gasteiger partial charge in [-0.2, -0.15) is 0 Å². The van der Waals surface area contributed by atoms with Crippen molar-refractivity contribution >= 4 is 43.3 Å². The van der Waals surface area contributed by atoms with Gasteiger partial charge in [-0.25, -0.2) is 8.42 Å². The van der Waals surface area contributed by atoms with Crippen molar-refractivity contribution in [2.24, 2.45) is 11.8 Å². The second-order valence-electron chi connectivity index (χ2n) is 6.40. The van der Waals surface area contributed by atoms with E-state index in [1.807, 2.05) is 24.3 Å². The van der Waals surface area contributed by atoms with Crippen LogP contribution in [0.15, 0.2) is 28.7 Å². The van der Waals surface area contributed by atoms with Crippen LogP contribution in [-0.4, -0.2) is 44.8 Å². The molecule has 1 aromatic rings. The molecule has 2 aliphatic heterocycles. The maximum absolute atomic E-state index is 12.3. The maximum Gasteiger partial charge on any atom is 0.227 e. The van der Waals surface area contributed by atoms with E-state index < -0.39 is 15.8 Å². The third-order valence-electron chi connectivity index (χ3n) is 4.51. The zero-order valence-electron chi connectivity index (χ0n) is 13.1. The summed E-state index contributed by atoms with van der Waals surface area (Å²) in [5, 5.41) is 2.82. The number of benzene rings is 1. The summed E-state index contributed by atoms with van der Waals surface area (Å²) in [6.45, 7) is 0.712. The second-order valence-corrected chi connectivity index (χ2v) is 9.54. The fourth-order valence-electron chi connectivity index (χ4n) is 3.20. The predicted molar refractivity (Wildman–Crippen MR) is 94.4 cm³/mol. The molecule has 2 unspecified atom stereocenters. The largest absolute Gasteiger partial charge is 0.355 e. The number of carbonyl (C=O) groups is 2. The molecule has 24 heavy (non-hydrogen) atoms. The van der Waals surface area contributed by atoms with Crippen molar-refractivity contribution < 1.29 is 18.0 Å². The molecule has 0 spiro atoms. The minimum atomic E-state index is -2.94. The van der Waals surface area contributed by atoms with Crippen LogP contribution in [0.25, 0.3) is 0 Å². The lowest BCUT2D eigenvalue weighted by atomic mass is 10.1. The van der Waals surface area contributed by atoms with Crippen molar-refractivity contribution in [3.05, 3.63) is 28.7 Å². The van der Waals surface area contributed by atoms with Gasteiger partial charge in [-0.15, -0.1) is 0 Å². The quantitative estimate of drug-likeness (QED) is 0.805. The van der Waals surface area contributed by atoms with Crippen molar-refractivity contribution in [2.45, 2.75) is 12.8 Å². The summed E-state index contributed by atoms with van der Waals surface area (Å²) in [5.41, 5.74) is 0.770. The van der Waals surface area contributed by atoms with E-state index in [9.17, 15) is 18.0 Å². The molecule has 2 saturated heterocycles. The number of anilines is 1. The fraction of sp³-hybridized carbons (Fsp3) is 0.500. The van der Waals surface area contributed by atoms with Crippen LogP contribution in [-0.2, 0) is 19.4 Å². The van der Waals surface area contributed by atoms with Crippen LogP contribution in [0.1, 0.15) is 12.8 Å². The Morgan fingerprint density at radius 2 is 2.17 bits per heavy atom. The molecule has 0 saturated carbocycles. The summed E-state index contributed by atoms with van der Waals surface area (Å²) in [7, 11) is -2.94. The Morgan fingerprint density at radius 1 is 1.38 bits per heavy atom. The fourth-order valence-corrected chi connectivity index (χ4v) is 5.45. The van der Waals surface area contributed by atoms with Crippen LogP contribution in [0.2, 0.25) is 0 Å². The van der Waals surface area contributed by atoms with Crippen molar-refractivity contribution in [3.63, 3.8) is 0 Å². The van der Waals surface area contributed by atoms with Gasteiger partial charge in [0.2, 0.25) is 11.8 Å². The van der Waals surface area contributed by atoms with Gasteiger partial charge in [0.1, 0.15) is 0 Å². The first-order valence-corrected chi connectivity index (χ1v) is 10.5. The van der Waals surface area contributed by atoms with E-state index in [0.717, 1.165) is 10.2 Å². The highest BCUT2D eigenvalue weighted by molar-refractivity contribution is 9.10. The number of halogens is 1. The lowest BCUT2D eigenvalue weighted by molar-refractivity contribution is -0.126. The molecule has 8 heteroatoms. The first kappa shape index (κ1) is 17.4. The highest BCUT2D eigenvalue weighted by atomic mass is 79.9. The summed E-state index contributed by atoms with van der Waals surface area (Å²) in [6.07, 6.45) is 0.775. The smallest absolute Gasteiger partial charge is 0.227 e. The molecule has 0 aliphatic carbocycles. The second kappa shape index (κ2) is 6.84. The first-order valence-electron chi connectivity index (χ1n) is 7.88. The van der Waals surface area contributed by atoms with Crippen molar-refractivity contribution in [1.82, 2.24) is 5.32 Å². The average molecular weight is 415 g/mol. The number of hydrogen-bond donors (Lipinski definition) is 1. The van der Waals surface area contributed by atoms with E-state index >= 15 is 0 Å². The normalized spacial score (nSPS) is 25.9. The van der Waals surface area contributed by atoms with Gasteiger partial charge in [-0.3, -0.25) is 9.59 Å². The zero-order chi connectivity index (χ0) is 17.3. The van der Waals surface area contributed by atoms with Crippen LogP contribution in [0.5, 0.6) is 0 Å². The summed E-state index contributed by atoms with van der Waals surface area (Å²) in [5.74, 6) is -0.318. The average Bonchev–Trinajstić information content (AvgIpc) is 3.07. The molecular formula is C16H19BrN2O4S. The molecule has 1 N–H and O–H groups in total. The summed E-state index contributed by atoms with van der Waals surface area (Å²) >= 11 is 3.38. The highest BCUT2D eigenvalue weighted by Gasteiger charge is 2.36. The Kier molecular flexibility index (Phi) is 4.96. The summed E-state index contributed by atoms with van der Waals surface area (Å²) in [4.78, 5) is 26.1. The third-order valence-corrected chi connectivity index (χ3v) is 6.84. The Labute approximate surface area is 149 Å². The van der Waals surface area contributed by atoms with Gasteiger partial charge in [-0.1, -0.05) is 22.0 Å². The number of nitrogens with zero attached hydrogens (tertiary/aromatic N) is 1. The molecule has 0 bridgehead atoms. The Bertz CT molecular complexity index is 765. The lowest BCUT2D eigenvalue weighted by Crippen LogP contribution is -2.36. The van der Waals surface area contributed by atoms with E-state index in [-0.39, 0.29) is 35.7 Å². The number of carbonyl (C=O) groups excluding carboxylic acids is 2. The molecule has 2 heterocycles.